The van der Waals surface area contributed by atoms with E-state index in [2.05, 4.69) is 0 Å². The predicted octanol–water partition coefficient (Wildman–Crippen LogP) is 5.11. The number of aliphatic hydroxyl groups is 1. The van der Waals surface area contributed by atoms with Gasteiger partial charge in [0.2, 0.25) is 0 Å². The van der Waals surface area contributed by atoms with E-state index in [9.17, 15) is 14.7 Å². The maximum atomic E-state index is 13.3. The second-order valence-corrected chi connectivity index (χ2v) is 8.71. The zero-order chi connectivity index (χ0) is 25.8. The number of hydrogen-bond acceptors (Lipinski definition) is 6. The Hall–Kier alpha value is -4.26. The normalized spacial score (nSPS) is 16.9. The number of Topliss-reactive ketones (excluding diaryl/α,β-unsaturated/α-hetero) is 1. The number of para-hydroxylation sites is 1. The molecule has 186 valence electrons. The third-order valence-corrected chi connectivity index (χ3v) is 5.98. The summed E-state index contributed by atoms with van der Waals surface area (Å²) in [6, 6.07) is 20.4. The number of aliphatic hydroxyl groups excluding tert-OH is 1. The average Bonchev–Trinajstić information content (AvgIpc) is 3.13. The lowest BCUT2D eigenvalue weighted by molar-refractivity contribution is -0.140. The molecular formula is C29H29NO6. The van der Waals surface area contributed by atoms with E-state index in [-0.39, 0.29) is 24.0 Å². The lowest BCUT2D eigenvalue weighted by Gasteiger charge is -2.26. The highest BCUT2D eigenvalue weighted by Crippen LogP contribution is 2.42. The minimum Gasteiger partial charge on any atom is -0.507 e. The van der Waals surface area contributed by atoms with Crippen molar-refractivity contribution < 1.29 is 28.9 Å². The summed E-state index contributed by atoms with van der Waals surface area (Å²) >= 11 is 0. The molecule has 7 nitrogen and oxygen atoms in total. The van der Waals surface area contributed by atoms with Crippen LogP contribution in [0.25, 0.3) is 5.76 Å². The Morgan fingerprint density at radius 3 is 2.31 bits per heavy atom. The summed E-state index contributed by atoms with van der Waals surface area (Å²) in [5.41, 5.74) is 1.82. The Morgan fingerprint density at radius 2 is 1.64 bits per heavy atom. The van der Waals surface area contributed by atoms with Gasteiger partial charge in [0, 0.05) is 11.1 Å². The van der Waals surface area contributed by atoms with E-state index in [1.165, 1.54) is 4.90 Å². The lowest BCUT2D eigenvalue weighted by Crippen LogP contribution is -2.29. The summed E-state index contributed by atoms with van der Waals surface area (Å²) in [5.74, 6) is 0.117. The molecule has 7 heteroatoms. The minimum atomic E-state index is -0.826. The zero-order valence-electron chi connectivity index (χ0n) is 20.7. The number of methoxy groups -OCH3 is 2. The van der Waals surface area contributed by atoms with Crippen LogP contribution in [-0.2, 0) is 16.1 Å². The largest absolute Gasteiger partial charge is 0.507 e. The van der Waals surface area contributed by atoms with Crippen LogP contribution in [0.2, 0.25) is 0 Å². The van der Waals surface area contributed by atoms with Crippen molar-refractivity contribution in [2.45, 2.75) is 32.5 Å². The van der Waals surface area contributed by atoms with Crippen molar-refractivity contribution in [3.63, 3.8) is 0 Å². The summed E-state index contributed by atoms with van der Waals surface area (Å²) in [5, 5.41) is 11.3. The number of carbonyl (C=O) groups is 2. The molecule has 1 saturated heterocycles. The van der Waals surface area contributed by atoms with Crippen molar-refractivity contribution >= 4 is 17.4 Å². The van der Waals surface area contributed by atoms with Gasteiger partial charge in [-0.1, -0.05) is 30.3 Å². The summed E-state index contributed by atoms with van der Waals surface area (Å²) < 4.78 is 16.5. The quantitative estimate of drug-likeness (QED) is 0.270. The molecule has 1 heterocycles. The van der Waals surface area contributed by atoms with Crippen LogP contribution in [-0.4, -0.2) is 42.0 Å². The monoisotopic (exact) mass is 487 g/mol. The molecule has 1 N–H and O–H groups in total. The van der Waals surface area contributed by atoms with E-state index < -0.39 is 17.7 Å². The first kappa shape index (κ1) is 24.9. The number of nitrogens with zero attached hydrogens (tertiary/aromatic N) is 1. The minimum absolute atomic E-state index is 0.0155. The van der Waals surface area contributed by atoms with Gasteiger partial charge in [0.25, 0.3) is 11.7 Å². The molecule has 1 aliphatic heterocycles. The lowest BCUT2D eigenvalue weighted by atomic mass is 9.95. The molecule has 0 spiro atoms. The van der Waals surface area contributed by atoms with Gasteiger partial charge in [-0.25, -0.2) is 0 Å². The molecule has 1 atom stereocenters. The van der Waals surface area contributed by atoms with Gasteiger partial charge in [0.05, 0.1) is 38.5 Å². The number of rotatable bonds is 8. The number of benzene rings is 3. The summed E-state index contributed by atoms with van der Waals surface area (Å²) in [4.78, 5) is 28.2. The average molecular weight is 488 g/mol. The first-order valence-electron chi connectivity index (χ1n) is 11.7. The van der Waals surface area contributed by atoms with Crippen LogP contribution in [0.1, 0.15) is 36.6 Å². The summed E-state index contributed by atoms with van der Waals surface area (Å²) in [7, 11) is 3.10. The molecule has 1 amide bonds. The van der Waals surface area contributed by atoms with Crippen LogP contribution in [0.5, 0.6) is 17.2 Å². The Morgan fingerprint density at radius 1 is 0.917 bits per heavy atom. The van der Waals surface area contributed by atoms with Crippen LogP contribution in [0.3, 0.4) is 0 Å². The van der Waals surface area contributed by atoms with Gasteiger partial charge in [-0.15, -0.1) is 0 Å². The molecule has 1 fully saturated rings. The first-order chi connectivity index (χ1) is 17.3. The van der Waals surface area contributed by atoms with Crippen molar-refractivity contribution in [2.24, 2.45) is 0 Å². The fourth-order valence-corrected chi connectivity index (χ4v) is 4.34. The second-order valence-electron chi connectivity index (χ2n) is 8.71. The fraction of sp³-hybridized carbons (Fsp3) is 0.241. The predicted molar refractivity (Wildman–Crippen MR) is 136 cm³/mol. The van der Waals surface area contributed by atoms with Gasteiger partial charge in [0.15, 0.2) is 0 Å². The molecule has 1 aliphatic rings. The number of likely N-dealkylation sites (tertiary alicyclic amines) is 1. The fourth-order valence-electron chi connectivity index (χ4n) is 4.34. The van der Waals surface area contributed by atoms with Crippen molar-refractivity contribution in [1.82, 2.24) is 4.90 Å². The molecule has 0 saturated carbocycles. The van der Waals surface area contributed by atoms with Crippen molar-refractivity contribution in [1.29, 1.82) is 0 Å². The molecule has 36 heavy (non-hydrogen) atoms. The molecule has 0 aromatic heterocycles. The molecule has 3 aromatic rings. The summed E-state index contributed by atoms with van der Waals surface area (Å²) in [6.45, 7) is 3.96. The molecule has 3 aromatic carbocycles. The highest BCUT2D eigenvalue weighted by Gasteiger charge is 2.46. The molecule has 0 aliphatic carbocycles. The van der Waals surface area contributed by atoms with Crippen LogP contribution < -0.4 is 14.2 Å². The van der Waals surface area contributed by atoms with Gasteiger partial charge in [-0.3, -0.25) is 9.59 Å². The number of ether oxygens (including phenoxy) is 3. The van der Waals surface area contributed by atoms with E-state index in [1.54, 1.807) is 50.6 Å². The van der Waals surface area contributed by atoms with E-state index in [0.29, 0.717) is 28.4 Å². The molecule has 1 unspecified atom stereocenters. The maximum Gasteiger partial charge on any atom is 0.295 e. The van der Waals surface area contributed by atoms with Crippen molar-refractivity contribution in [3.8, 4) is 17.2 Å². The van der Waals surface area contributed by atoms with E-state index in [1.807, 2.05) is 50.2 Å². The van der Waals surface area contributed by atoms with Crippen LogP contribution in [0, 0.1) is 0 Å². The Bertz CT molecular complexity index is 1300. The number of ketones is 1. The maximum absolute atomic E-state index is 13.3. The smallest absolute Gasteiger partial charge is 0.295 e. The number of carbonyl (C=O) groups excluding carboxylic acids is 2. The van der Waals surface area contributed by atoms with Gasteiger partial charge in [-0.05, 0) is 61.9 Å². The number of hydrogen-bond donors (Lipinski definition) is 1. The van der Waals surface area contributed by atoms with Gasteiger partial charge < -0.3 is 24.2 Å². The highest BCUT2D eigenvalue weighted by molar-refractivity contribution is 6.46. The number of amides is 1. The van der Waals surface area contributed by atoms with E-state index in [4.69, 9.17) is 14.2 Å². The molecule has 0 radical (unpaired) electrons. The van der Waals surface area contributed by atoms with Crippen LogP contribution >= 0.6 is 0 Å². The summed E-state index contributed by atoms with van der Waals surface area (Å²) in [6.07, 6.45) is -0.0560. The first-order valence-corrected chi connectivity index (χ1v) is 11.7. The topological polar surface area (TPSA) is 85.3 Å². The standard InChI is InChI=1S/C29H29NO6/c1-18(2)36-23-10-7-9-20(16-23)26-25(27(31)19-12-14-22(34-3)15-13-19)28(32)29(33)30(26)17-21-8-5-6-11-24(21)35-4/h5-16,18,26,31H,17H2,1-4H3/b27-25-. The Balaban J connectivity index is 1.86. The Kier molecular flexibility index (Phi) is 7.29. The second kappa shape index (κ2) is 10.6. The molecule has 4 rings (SSSR count). The van der Waals surface area contributed by atoms with Gasteiger partial charge in [-0.2, -0.15) is 0 Å². The van der Waals surface area contributed by atoms with Gasteiger partial charge >= 0.3 is 0 Å². The zero-order valence-corrected chi connectivity index (χ0v) is 20.7. The molecule has 0 bridgehead atoms. The Labute approximate surface area is 210 Å². The third kappa shape index (κ3) is 4.91. The SMILES string of the molecule is COc1ccc(/C(O)=C2/C(=O)C(=O)N(Cc3ccccc3OC)C2c2cccc(OC(C)C)c2)cc1. The van der Waals surface area contributed by atoms with E-state index >= 15 is 0 Å². The van der Waals surface area contributed by atoms with Crippen LogP contribution in [0.15, 0.2) is 78.4 Å². The van der Waals surface area contributed by atoms with Crippen molar-refractivity contribution in [3.05, 3.63) is 95.1 Å². The third-order valence-electron chi connectivity index (χ3n) is 5.98. The van der Waals surface area contributed by atoms with E-state index in [0.717, 1.165) is 5.56 Å². The highest BCUT2D eigenvalue weighted by atomic mass is 16.5. The van der Waals surface area contributed by atoms with Gasteiger partial charge in [0.1, 0.15) is 23.0 Å². The van der Waals surface area contributed by atoms with Crippen molar-refractivity contribution in [2.75, 3.05) is 14.2 Å². The van der Waals surface area contributed by atoms with Crippen LogP contribution in [0.4, 0.5) is 0 Å². The molecular weight excluding hydrogens is 458 g/mol.